The predicted molar refractivity (Wildman–Crippen MR) is 73.5 cm³/mol. The van der Waals surface area contributed by atoms with Crippen molar-refractivity contribution in [2.24, 2.45) is 0 Å². The zero-order valence-corrected chi connectivity index (χ0v) is 11.7. The van der Waals surface area contributed by atoms with Gasteiger partial charge in [-0.05, 0) is 45.0 Å². The summed E-state index contributed by atoms with van der Waals surface area (Å²) in [6.45, 7) is 5.44. The van der Waals surface area contributed by atoms with E-state index in [0.717, 1.165) is 13.0 Å². The summed E-state index contributed by atoms with van der Waals surface area (Å²) >= 11 is 5.95. The molecule has 0 aliphatic carbocycles. The molecule has 1 aromatic carbocycles. The van der Waals surface area contributed by atoms with Crippen LogP contribution in [-0.2, 0) is 6.42 Å². The second-order valence-electron chi connectivity index (χ2n) is 4.87. The van der Waals surface area contributed by atoms with Gasteiger partial charge >= 0.3 is 0 Å². The molecular formula is C14H21ClFNO. The van der Waals surface area contributed by atoms with Crippen LogP contribution in [0.25, 0.3) is 0 Å². The van der Waals surface area contributed by atoms with Crippen LogP contribution in [0.2, 0.25) is 5.02 Å². The molecule has 0 saturated heterocycles. The van der Waals surface area contributed by atoms with E-state index in [0.29, 0.717) is 23.6 Å². The van der Waals surface area contributed by atoms with Crippen molar-refractivity contribution < 1.29 is 9.50 Å². The molecule has 0 radical (unpaired) electrons. The van der Waals surface area contributed by atoms with Gasteiger partial charge in [0.05, 0.1) is 5.60 Å². The van der Waals surface area contributed by atoms with Crippen molar-refractivity contribution in [1.82, 2.24) is 5.32 Å². The number of nitrogens with one attached hydrogen (secondary N) is 1. The van der Waals surface area contributed by atoms with Crippen LogP contribution in [-0.4, -0.2) is 23.8 Å². The highest BCUT2D eigenvalue weighted by molar-refractivity contribution is 6.31. The Labute approximate surface area is 113 Å². The Hall–Kier alpha value is -0.640. The van der Waals surface area contributed by atoms with E-state index in [1.54, 1.807) is 19.1 Å². The Morgan fingerprint density at radius 2 is 2.11 bits per heavy atom. The van der Waals surface area contributed by atoms with E-state index < -0.39 is 5.60 Å². The Kier molecular flexibility index (Phi) is 6.06. The Bertz CT molecular complexity index is 362. The zero-order valence-electron chi connectivity index (χ0n) is 11.0. The van der Waals surface area contributed by atoms with Crippen molar-refractivity contribution in [2.45, 2.75) is 38.7 Å². The van der Waals surface area contributed by atoms with Gasteiger partial charge < -0.3 is 10.4 Å². The van der Waals surface area contributed by atoms with Crippen molar-refractivity contribution in [1.29, 1.82) is 0 Å². The monoisotopic (exact) mass is 273 g/mol. The fourth-order valence-corrected chi connectivity index (χ4v) is 2.06. The Morgan fingerprint density at radius 1 is 1.39 bits per heavy atom. The molecule has 2 nitrogen and oxygen atoms in total. The maximum atomic E-state index is 13.6. The normalized spacial score (nSPS) is 14.5. The number of aliphatic hydroxyl groups is 1. The molecule has 0 heterocycles. The molecule has 0 aromatic heterocycles. The molecule has 102 valence electrons. The SMILES string of the molecule is CCCNCCC(C)(O)Cc1c(F)cccc1Cl. The lowest BCUT2D eigenvalue weighted by atomic mass is 9.93. The van der Waals surface area contributed by atoms with Gasteiger partial charge in [0.1, 0.15) is 5.82 Å². The van der Waals surface area contributed by atoms with Crippen LogP contribution < -0.4 is 5.32 Å². The van der Waals surface area contributed by atoms with Crippen molar-refractivity contribution >= 4 is 11.6 Å². The quantitative estimate of drug-likeness (QED) is 0.748. The maximum Gasteiger partial charge on any atom is 0.127 e. The lowest BCUT2D eigenvalue weighted by Crippen LogP contribution is -2.32. The fourth-order valence-electron chi connectivity index (χ4n) is 1.83. The third-order valence-electron chi connectivity index (χ3n) is 2.89. The van der Waals surface area contributed by atoms with Crippen LogP contribution in [0.15, 0.2) is 18.2 Å². The van der Waals surface area contributed by atoms with Crippen molar-refractivity contribution in [3.05, 3.63) is 34.6 Å². The number of hydrogen-bond donors (Lipinski definition) is 2. The van der Waals surface area contributed by atoms with Gasteiger partial charge in [0.15, 0.2) is 0 Å². The summed E-state index contributed by atoms with van der Waals surface area (Å²) in [5, 5.41) is 13.8. The number of hydrogen-bond acceptors (Lipinski definition) is 2. The summed E-state index contributed by atoms with van der Waals surface area (Å²) < 4.78 is 13.6. The molecule has 18 heavy (non-hydrogen) atoms. The second-order valence-corrected chi connectivity index (χ2v) is 5.28. The number of benzene rings is 1. The van der Waals surface area contributed by atoms with E-state index in [2.05, 4.69) is 12.2 Å². The fraction of sp³-hybridized carbons (Fsp3) is 0.571. The third-order valence-corrected chi connectivity index (χ3v) is 3.24. The summed E-state index contributed by atoms with van der Waals surface area (Å²) in [7, 11) is 0. The van der Waals surface area contributed by atoms with E-state index in [1.807, 2.05) is 0 Å². The molecule has 0 aliphatic heterocycles. The average Bonchev–Trinajstić information content (AvgIpc) is 2.30. The molecule has 0 amide bonds. The maximum absolute atomic E-state index is 13.6. The number of halogens is 2. The molecule has 4 heteroatoms. The van der Waals surface area contributed by atoms with Crippen LogP contribution in [0, 0.1) is 5.82 Å². The molecule has 1 unspecified atom stereocenters. The molecule has 0 bridgehead atoms. The largest absolute Gasteiger partial charge is 0.390 e. The van der Waals surface area contributed by atoms with E-state index in [1.165, 1.54) is 6.07 Å². The van der Waals surface area contributed by atoms with Crippen LogP contribution in [0.5, 0.6) is 0 Å². The minimum absolute atomic E-state index is 0.228. The number of rotatable bonds is 7. The smallest absolute Gasteiger partial charge is 0.127 e. The lowest BCUT2D eigenvalue weighted by Gasteiger charge is -2.24. The van der Waals surface area contributed by atoms with E-state index in [-0.39, 0.29) is 12.2 Å². The van der Waals surface area contributed by atoms with Crippen LogP contribution in [0.4, 0.5) is 4.39 Å². The van der Waals surface area contributed by atoms with Crippen molar-refractivity contribution in [3.63, 3.8) is 0 Å². The van der Waals surface area contributed by atoms with Gasteiger partial charge in [-0.1, -0.05) is 24.6 Å². The molecule has 1 aromatic rings. The van der Waals surface area contributed by atoms with Crippen LogP contribution >= 0.6 is 11.6 Å². The van der Waals surface area contributed by atoms with Gasteiger partial charge in [0.2, 0.25) is 0 Å². The first-order chi connectivity index (χ1) is 8.46. The van der Waals surface area contributed by atoms with E-state index >= 15 is 0 Å². The van der Waals surface area contributed by atoms with Gasteiger partial charge in [-0.3, -0.25) is 0 Å². The molecule has 2 N–H and O–H groups in total. The Balaban J connectivity index is 2.59. The van der Waals surface area contributed by atoms with Crippen LogP contribution in [0.3, 0.4) is 0 Å². The minimum Gasteiger partial charge on any atom is -0.390 e. The Morgan fingerprint density at radius 3 is 2.72 bits per heavy atom. The minimum atomic E-state index is -0.952. The summed E-state index contributed by atoms with van der Waals surface area (Å²) in [6.07, 6.45) is 1.85. The first kappa shape index (κ1) is 15.4. The third kappa shape index (κ3) is 4.92. The summed E-state index contributed by atoms with van der Waals surface area (Å²) in [5.74, 6) is -0.357. The molecule has 0 fully saturated rings. The highest BCUT2D eigenvalue weighted by Crippen LogP contribution is 2.25. The van der Waals surface area contributed by atoms with Gasteiger partial charge in [-0.25, -0.2) is 4.39 Å². The summed E-state index contributed by atoms with van der Waals surface area (Å²) in [6, 6.07) is 4.58. The topological polar surface area (TPSA) is 32.3 Å². The average molecular weight is 274 g/mol. The van der Waals surface area contributed by atoms with Crippen molar-refractivity contribution in [2.75, 3.05) is 13.1 Å². The lowest BCUT2D eigenvalue weighted by molar-refractivity contribution is 0.0507. The molecule has 0 saturated carbocycles. The first-order valence-electron chi connectivity index (χ1n) is 6.32. The van der Waals surface area contributed by atoms with Crippen LogP contribution in [0.1, 0.15) is 32.3 Å². The van der Waals surface area contributed by atoms with E-state index in [9.17, 15) is 9.50 Å². The second kappa shape index (κ2) is 7.07. The summed E-state index contributed by atoms with van der Waals surface area (Å²) in [4.78, 5) is 0. The first-order valence-corrected chi connectivity index (χ1v) is 6.70. The van der Waals surface area contributed by atoms with Gasteiger partial charge in [-0.2, -0.15) is 0 Å². The highest BCUT2D eigenvalue weighted by atomic mass is 35.5. The van der Waals surface area contributed by atoms with Gasteiger partial charge in [-0.15, -0.1) is 0 Å². The van der Waals surface area contributed by atoms with Crippen molar-refractivity contribution in [3.8, 4) is 0 Å². The van der Waals surface area contributed by atoms with Gasteiger partial charge in [0.25, 0.3) is 0 Å². The highest BCUT2D eigenvalue weighted by Gasteiger charge is 2.23. The standard InChI is InChI=1S/C14H21ClFNO/c1-3-8-17-9-7-14(2,18)10-11-12(15)5-4-6-13(11)16/h4-6,17-18H,3,7-10H2,1-2H3. The van der Waals surface area contributed by atoms with E-state index in [4.69, 9.17) is 11.6 Å². The van der Waals surface area contributed by atoms with Gasteiger partial charge in [0, 0.05) is 17.0 Å². The molecule has 1 atom stereocenters. The summed E-state index contributed by atoms with van der Waals surface area (Å²) in [5.41, 5.74) is -0.563. The zero-order chi connectivity index (χ0) is 13.6. The molecule has 0 aliphatic rings. The molecule has 0 spiro atoms. The molecular weight excluding hydrogens is 253 g/mol. The molecule has 1 rings (SSSR count). The predicted octanol–water partition coefficient (Wildman–Crippen LogP) is 3.16.